The van der Waals surface area contributed by atoms with Crippen LogP contribution in [-0.4, -0.2) is 30.4 Å². The third-order valence-corrected chi connectivity index (χ3v) is 4.20. The first-order valence-electron chi connectivity index (χ1n) is 8.70. The lowest BCUT2D eigenvalue weighted by atomic mass is 9.98. The number of imide groups is 1. The molecule has 1 aliphatic rings. The lowest BCUT2D eigenvalue weighted by molar-refractivity contribution is -0.127. The van der Waals surface area contributed by atoms with Crippen molar-refractivity contribution in [2.75, 3.05) is 11.9 Å². The maximum Gasteiger partial charge on any atom is 0.253 e. The quantitative estimate of drug-likeness (QED) is 0.707. The molecular weight excluding hydrogens is 320 g/mol. The van der Waals surface area contributed by atoms with Crippen molar-refractivity contribution in [2.45, 2.75) is 46.1 Å². The highest BCUT2D eigenvalue weighted by Gasteiger charge is 2.30. The fraction of sp³-hybridized carbons (Fsp3) is 0.526. The van der Waals surface area contributed by atoms with Crippen LogP contribution in [0.3, 0.4) is 0 Å². The topological polar surface area (TPSA) is 84.5 Å². The van der Waals surface area contributed by atoms with E-state index >= 15 is 0 Å². The monoisotopic (exact) mass is 346 g/mol. The molecule has 1 aromatic rings. The normalized spacial score (nSPS) is 18.3. The minimum Gasteiger partial charge on any atom is -0.369 e. The number of hydrogen-bond acceptors (Lipinski definition) is 4. The molecule has 6 nitrogen and oxygen atoms in total. The Labute approximate surface area is 148 Å². The zero-order valence-corrected chi connectivity index (χ0v) is 15.0. The highest BCUT2D eigenvalue weighted by molar-refractivity contribution is 6.03. The summed E-state index contributed by atoms with van der Waals surface area (Å²) in [5.41, 5.74) is 1.63. The van der Waals surface area contributed by atoms with Gasteiger partial charge in [0.05, 0.1) is 5.92 Å². The summed E-state index contributed by atoms with van der Waals surface area (Å²) in [6.07, 6.45) is 1.17. The lowest BCUT2D eigenvalue weighted by Gasteiger charge is -2.14. The Bertz CT molecular complexity index is 625. The second-order valence-electron chi connectivity index (χ2n) is 6.90. The number of carbonyl (C=O) groups excluding carboxylic acids is 3. The van der Waals surface area contributed by atoms with Crippen LogP contribution in [0.1, 0.15) is 39.2 Å². The van der Waals surface area contributed by atoms with Gasteiger partial charge in [0.1, 0.15) is 6.10 Å². The summed E-state index contributed by atoms with van der Waals surface area (Å²) in [6.45, 7) is 6.52. The molecule has 1 aromatic carbocycles. The van der Waals surface area contributed by atoms with Crippen LogP contribution in [0.15, 0.2) is 24.3 Å². The summed E-state index contributed by atoms with van der Waals surface area (Å²) in [5.74, 6) is -0.375. The highest BCUT2D eigenvalue weighted by Crippen LogP contribution is 2.19. The Balaban J connectivity index is 1.82. The first-order valence-corrected chi connectivity index (χ1v) is 8.70. The predicted molar refractivity (Wildman–Crippen MR) is 94.9 cm³/mol. The summed E-state index contributed by atoms with van der Waals surface area (Å²) in [5, 5.41) is 5.13. The second-order valence-corrected chi connectivity index (χ2v) is 6.90. The number of rotatable bonds is 8. The molecule has 2 rings (SSSR count). The smallest absolute Gasteiger partial charge is 0.253 e. The first-order chi connectivity index (χ1) is 11.8. The van der Waals surface area contributed by atoms with E-state index in [0.717, 1.165) is 12.0 Å². The van der Waals surface area contributed by atoms with Crippen molar-refractivity contribution in [2.24, 2.45) is 11.8 Å². The molecule has 2 atom stereocenters. The predicted octanol–water partition coefficient (Wildman–Crippen LogP) is 2.28. The minimum absolute atomic E-state index is 0.183. The standard InChI is InChI=1S/C19H26N2O4/c1-12(2)8-9-25-13(3)18(23)20-16-6-4-14(5-7-16)10-15-11-17(22)21-19(15)24/h4-7,12-13,15H,8-11H2,1-3H3,(H,20,23)(H,21,22,24)/t13-,15+/m0/s1. The SMILES string of the molecule is CC(C)CCO[C@@H](C)C(=O)Nc1ccc(C[C@@H]2CC(=O)NC2=O)cc1. The Hall–Kier alpha value is -2.21. The van der Waals surface area contributed by atoms with E-state index < -0.39 is 6.10 Å². The molecule has 1 saturated heterocycles. The van der Waals surface area contributed by atoms with Gasteiger partial charge in [0.25, 0.3) is 5.91 Å². The maximum absolute atomic E-state index is 12.1. The molecule has 0 bridgehead atoms. The fourth-order valence-corrected chi connectivity index (χ4v) is 2.58. The van der Waals surface area contributed by atoms with Gasteiger partial charge in [-0.05, 0) is 43.4 Å². The van der Waals surface area contributed by atoms with Crippen molar-refractivity contribution in [3.8, 4) is 0 Å². The molecule has 0 aromatic heterocycles. The molecule has 1 aliphatic heterocycles. The Morgan fingerprint density at radius 3 is 2.48 bits per heavy atom. The van der Waals surface area contributed by atoms with Crippen LogP contribution in [0.4, 0.5) is 5.69 Å². The van der Waals surface area contributed by atoms with Crippen molar-refractivity contribution in [3.05, 3.63) is 29.8 Å². The number of anilines is 1. The number of carbonyl (C=O) groups is 3. The molecule has 0 radical (unpaired) electrons. The lowest BCUT2D eigenvalue weighted by Crippen LogP contribution is -2.28. The van der Waals surface area contributed by atoms with E-state index in [0.29, 0.717) is 24.6 Å². The van der Waals surface area contributed by atoms with Gasteiger partial charge in [-0.25, -0.2) is 0 Å². The number of hydrogen-bond donors (Lipinski definition) is 2. The van der Waals surface area contributed by atoms with E-state index in [2.05, 4.69) is 24.5 Å². The molecule has 0 unspecified atom stereocenters. The Morgan fingerprint density at radius 2 is 1.92 bits per heavy atom. The summed E-state index contributed by atoms with van der Waals surface area (Å²) in [6, 6.07) is 7.30. The number of nitrogens with one attached hydrogen (secondary N) is 2. The molecule has 6 heteroatoms. The summed E-state index contributed by atoms with van der Waals surface area (Å²) in [4.78, 5) is 34.9. The van der Waals surface area contributed by atoms with E-state index in [4.69, 9.17) is 4.74 Å². The Morgan fingerprint density at radius 1 is 1.24 bits per heavy atom. The molecule has 136 valence electrons. The van der Waals surface area contributed by atoms with E-state index in [-0.39, 0.29) is 30.1 Å². The number of ether oxygens (including phenoxy) is 1. The van der Waals surface area contributed by atoms with Gasteiger partial charge in [-0.2, -0.15) is 0 Å². The third-order valence-electron chi connectivity index (χ3n) is 4.20. The van der Waals surface area contributed by atoms with Gasteiger partial charge in [0, 0.05) is 18.7 Å². The molecule has 0 aliphatic carbocycles. The van der Waals surface area contributed by atoms with Gasteiger partial charge in [-0.3, -0.25) is 19.7 Å². The molecule has 2 N–H and O–H groups in total. The summed E-state index contributed by atoms with van der Waals surface area (Å²) >= 11 is 0. The van der Waals surface area contributed by atoms with Crippen LogP contribution < -0.4 is 10.6 Å². The van der Waals surface area contributed by atoms with Crippen molar-refractivity contribution in [3.63, 3.8) is 0 Å². The third kappa shape index (κ3) is 5.98. The number of benzene rings is 1. The van der Waals surface area contributed by atoms with E-state index in [1.165, 1.54) is 0 Å². The van der Waals surface area contributed by atoms with Gasteiger partial charge in [-0.1, -0.05) is 26.0 Å². The van der Waals surface area contributed by atoms with E-state index in [9.17, 15) is 14.4 Å². The molecule has 1 fully saturated rings. The molecule has 25 heavy (non-hydrogen) atoms. The minimum atomic E-state index is -0.508. The van der Waals surface area contributed by atoms with Crippen molar-refractivity contribution < 1.29 is 19.1 Å². The van der Waals surface area contributed by atoms with Gasteiger partial charge in [-0.15, -0.1) is 0 Å². The van der Waals surface area contributed by atoms with Crippen molar-refractivity contribution in [1.29, 1.82) is 0 Å². The van der Waals surface area contributed by atoms with E-state index in [1.54, 1.807) is 19.1 Å². The van der Waals surface area contributed by atoms with Gasteiger partial charge < -0.3 is 10.1 Å². The molecular formula is C19H26N2O4. The van der Waals surface area contributed by atoms with E-state index in [1.807, 2.05) is 12.1 Å². The maximum atomic E-state index is 12.1. The molecule has 1 heterocycles. The van der Waals surface area contributed by atoms with Crippen molar-refractivity contribution >= 4 is 23.4 Å². The van der Waals surface area contributed by atoms with Crippen LogP contribution in [0.25, 0.3) is 0 Å². The zero-order chi connectivity index (χ0) is 18.4. The zero-order valence-electron chi connectivity index (χ0n) is 15.0. The van der Waals surface area contributed by atoms with Crippen LogP contribution in [0.5, 0.6) is 0 Å². The summed E-state index contributed by atoms with van der Waals surface area (Å²) in [7, 11) is 0. The molecule has 0 spiro atoms. The van der Waals surface area contributed by atoms with Gasteiger partial charge in [0.15, 0.2) is 0 Å². The van der Waals surface area contributed by atoms with Crippen LogP contribution in [0, 0.1) is 11.8 Å². The molecule has 3 amide bonds. The summed E-state index contributed by atoms with van der Waals surface area (Å²) < 4.78 is 5.53. The average Bonchev–Trinajstić information content (AvgIpc) is 2.86. The van der Waals surface area contributed by atoms with Gasteiger partial charge >= 0.3 is 0 Å². The number of amides is 3. The molecule has 0 saturated carbocycles. The Kier molecular flexibility index (Phi) is 6.70. The van der Waals surface area contributed by atoms with Crippen molar-refractivity contribution in [1.82, 2.24) is 5.32 Å². The second kappa shape index (κ2) is 8.76. The largest absolute Gasteiger partial charge is 0.369 e. The average molecular weight is 346 g/mol. The van der Waals surface area contributed by atoms with Crippen LogP contribution in [-0.2, 0) is 25.5 Å². The fourth-order valence-electron chi connectivity index (χ4n) is 2.58. The first kappa shape index (κ1) is 19.1. The van der Waals surface area contributed by atoms with Crippen LogP contribution in [0.2, 0.25) is 0 Å². The van der Waals surface area contributed by atoms with Gasteiger partial charge in [0.2, 0.25) is 11.8 Å². The van der Waals surface area contributed by atoms with Crippen LogP contribution >= 0.6 is 0 Å². The highest BCUT2D eigenvalue weighted by atomic mass is 16.5.